The molecule has 4 N–H and O–H groups in total. The summed E-state index contributed by atoms with van der Waals surface area (Å²) in [6.45, 7) is 4.61. The van der Waals surface area contributed by atoms with E-state index in [1.807, 2.05) is 0 Å². The minimum absolute atomic E-state index is 0. The molecule has 124 valence electrons. The van der Waals surface area contributed by atoms with Crippen molar-refractivity contribution in [1.29, 1.82) is 0 Å². The molecule has 1 saturated heterocycles. The van der Waals surface area contributed by atoms with Gasteiger partial charge in [-0.2, -0.15) is 0 Å². The standard InChI is InChI=1S/C13H19N3O4S.ClH/c1-8-3-4-10(7-11(8)21(14,18)19)16-13(17)12-9(2)20-6-5-15-12;/h3-4,7,9,12,15H,5-6H2,1-2H3,(H,16,17)(H2,14,18,19);1H/t9-,12+;/m1./s1. The van der Waals surface area contributed by atoms with E-state index in [9.17, 15) is 13.2 Å². The maximum atomic E-state index is 12.2. The van der Waals surface area contributed by atoms with Crippen LogP contribution in [0.3, 0.4) is 0 Å². The first kappa shape index (κ1) is 18.9. The molecule has 1 fully saturated rings. The fraction of sp³-hybridized carbons (Fsp3) is 0.462. The molecule has 2 rings (SSSR count). The van der Waals surface area contributed by atoms with Gasteiger partial charge in [0.15, 0.2) is 0 Å². The molecular weight excluding hydrogens is 330 g/mol. The highest BCUT2D eigenvalue weighted by Crippen LogP contribution is 2.19. The van der Waals surface area contributed by atoms with Crippen LogP contribution in [0.5, 0.6) is 0 Å². The molecule has 2 atom stereocenters. The summed E-state index contributed by atoms with van der Waals surface area (Å²) < 4.78 is 28.4. The fourth-order valence-electron chi connectivity index (χ4n) is 2.23. The summed E-state index contributed by atoms with van der Waals surface area (Å²) in [6, 6.07) is 4.12. The van der Waals surface area contributed by atoms with Crippen molar-refractivity contribution in [1.82, 2.24) is 5.32 Å². The number of hydrogen-bond donors (Lipinski definition) is 3. The van der Waals surface area contributed by atoms with E-state index in [1.165, 1.54) is 6.07 Å². The highest BCUT2D eigenvalue weighted by Gasteiger charge is 2.28. The van der Waals surface area contributed by atoms with Crippen molar-refractivity contribution in [2.45, 2.75) is 30.9 Å². The summed E-state index contributed by atoms with van der Waals surface area (Å²) in [6.07, 6.45) is -0.248. The third kappa shape index (κ3) is 4.40. The molecule has 0 aliphatic carbocycles. The molecule has 1 aromatic rings. The van der Waals surface area contributed by atoms with Crippen LogP contribution in [-0.2, 0) is 19.6 Å². The molecule has 7 nitrogen and oxygen atoms in total. The first-order chi connectivity index (χ1) is 9.79. The third-order valence-electron chi connectivity index (χ3n) is 3.36. The number of aryl methyl sites for hydroxylation is 1. The van der Waals surface area contributed by atoms with Gasteiger partial charge in [-0.25, -0.2) is 13.6 Å². The number of amides is 1. The predicted octanol–water partition coefficient (Wildman–Crippen LogP) is 0.380. The summed E-state index contributed by atoms with van der Waals surface area (Å²) >= 11 is 0. The number of carbonyl (C=O) groups is 1. The summed E-state index contributed by atoms with van der Waals surface area (Å²) in [4.78, 5) is 12.2. The van der Waals surface area contributed by atoms with E-state index in [1.54, 1.807) is 26.0 Å². The second kappa shape index (κ2) is 7.38. The molecule has 0 radical (unpaired) electrons. The number of nitrogens with two attached hydrogens (primary N) is 1. The van der Waals surface area contributed by atoms with Gasteiger partial charge in [-0.3, -0.25) is 4.79 Å². The number of hydrogen-bond acceptors (Lipinski definition) is 5. The van der Waals surface area contributed by atoms with Gasteiger partial charge in [0.05, 0.1) is 17.6 Å². The first-order valence-electron chi connectivity index (χ1n) is 6.58. The van der Waals surface area contributed by atoms with E-state index < -0.39 is 16.1 Å². The molecule has 1 amide bonds. The van der Waals surface area contributed by atoms with E-state index in [0.717, 1.165) is 0 Å². The second-order valence-corrected chi connectivity index (χ2v) is 6.55. The van der Waals surface area contributed by atoms with Crippen LogP contribution in [0.2, 0.25) is 0 Å². The van der Waals surface area contributed by atoms with Gasteiger partial charge in [-0.1, -0.05) is 6.07 Å². The minimum Gasteiger partial charge on any atom is -0.375 e. The van der Waals surface area contributed by atoms with Crippen molar-refractivity contribution in [3.05, 3.63) is 23.8 Å². The van der Waals surface area contributed by atoms with Crippen molar-refractivity contribution >= 4 is 34.0 Å². The fourth-order valence-corrected chi connectivity index (χ4v) is 3.04. The van der Waals surface area contributed by atoms with Crippen molar-refractivity contribution in [3.8, 4) is 0 Å². The highest BCUT2D eigenvalue weighted by atomic mass is 35.5. The Bertz CT molecular complexity index is 651. The Morgan fingerprint density at radius 3 is 2.73 bits per heavy atom. The van der Waals surface area contributed by atoms with Crippen molar-refractivity contribution in [3.63, 3.8) is 0 Å². The molecule has 0 aromatic heterocycles. The lowest BCUT2D eigenvalue weighted by Gasteiger charge is -2.29. The molecule has 0 saturated carbocycles. The topological polar surface area (TPSA) is 111 Å². The van der Waals surface area contributed by atoms with Crippen LogP contribution >= 0.6 is 12.4 Å². The maximum Gasteiger partial charge on any atom is 0.244 e. The number of carbonyl (C=O) groups excluding carboxylic acids is 1. The number of anilines is 1. The number of morpholine rings is 1. The van der Waals surface area contributed by atoms with Gasteiger partial charge in [-0.05, 0) is 31.5 Å². The van der Waals surface area contributed by atoms with E-state index in [4.69, 9.17) is 9.88 Å². The van der Waals surface area contributed by atoms with Crippen molar-refractivity contribution < 1.29 is 17.9 Å². The monoisotopic (exact) mass is 349 g/mol. The van der Waals surface area contributed by atoms with Crippen LogP contribution in [0.1, 0.15) is 12.5 Å². The predicted molar refractivity (Wildman–Crippen MR) is 85.6 cm³/mol. The molecule has 0 bridgehead atoms. The van der Waals surface area contributed by atoms with Gasteiger partial charge in [0.25, 0.3) is 0 Å². The smallest absolute Gasteiger partial charge is 0.244 e. The average Bonchev–Trinajstić information content (AvgIpc) is 2.40. The Labute approximate surface area is 136 Å². The van der Waals surface area contributed by atoms with Crippen LogP contribution in [-0.4, -0.2) is 39.6 Å². The normalized spacial score (nSPS) is 21.8. The van der Waals surface area contributed by atoms with Crippen LogP contribution in [0.15, 0.2) is 23.1 Å². The van der Waals surface area contributed by atoms with Crippen molar-refractivity contribution in [2.24, 2.45) is 5.14 Å². The van der Waals surface area contributed by atoms with E-state index in [-0.39, 0.29) is 29.3 Å². The van der Waals surface area contributed by atoms with Gasteiger partial charge < -0.3 is 15.4 Å². The SMILES string of the molecule is Cc1ccc(NC(=O)[C@H]2NCCO[C@@H]2C)cc1S(N)(=O)=O.Cl. The highest BCUT2D eigenvalue weighted by molar-refractivity contribution is 7.89. The Hall–Kier alpha value is -1.19. The molecular formula is C13H20ClN3O4S. The summed E-state index contributed by atoms with van der Waals surface area (Å²) in [5, 5.41) is 10.9. The Kier molecular flexibility index (Phi) is 6.33. The van der Waals surface area contributed by atoms with Gasteiger partial charge in [0, 0.05) is 12.2 Å². The van der Waals surface area contributed by atoms with Crippen LogP contribution in [0, 0.1) is 6.92 Å². The number of rotatable bonds is 3. The Morgan fingerprint density at radius 2 is 2.14 bits per heavy atom. The lowest BCUT2D eigenvalue weighted by atomic mass is 10.1. The zero-order valence-electron chi connectivity index (χ0n) is 12.3. The number of halogens is 1. The molecule has 0 unspecified atom stereocenters. The largest absolute Gasteiger partial charge is 0.375 e. The third-order valence-corrected chi connectivity index (χ3v) is 4.41. The van der Waals surface area contributed by atoms with Crippen LogP contribution < -0.4 is 15.8 Å². The summed E-state index contributed by atoms with van der Waals surface area (Å²) in [7, 11) is -3.82. The quantitative estimate of drug-likeness (QED) is 0.730. The molecule has 1 aliphatic rings. The average molecular weight is 350 g/mol. The zero-order valence-corrected chi connectivity index (χ0v) is 14.0. The van der Waals surface area contributed by atoms with Crippen LogP contribution in [0.4, 0.5) is 5.69 Å². The Morgan fingerprint density at radius 1 is 1.45 bits per heavy atom. The minimum atomic E-state index is -3.82. The molecule has 9 heteroatoms. The van der Waals surface area contributed by atoms with Gasteiger partial charge in [0.1, 0.15) is 6.04 Å². The molecule has 0 spiro atoms. The van der Waals surface area contributed by atoms with Crippen LogP contribution in [0.25, 0.3) is 0 Å². The number of nitrogens with one attached hydrogen (secondary N) is 2. The van der Waals surface area contributed by atoms with E-state index >= 15 is 0 Å². The van der Waals surface area contributed by atoms with Gasteiger partial charge in [0.2, 0.25) is 15.9 Å². The van der Waals surface area contributed by atoms with E-state index in [0.29, 0.717) is 24.4 Å². The van der Waals surface area contributed by atoms with Gasteiger partial charge >= 0.3 is 0 Å². The van der Waals surface area contributed by atoms with E-state index in [2.05, 4.69) is 10.6 Å². The maximum absolute atomic E-state index is 12.2. The molecule has 1 aliphatic heterocycles. The lowest BCUT2D eigenvalue weighted by molar-refractivity contribution is -0.123. The molecule has 1 heterocycles. The number of sulfonamides is 1. The summed E-state index contributed by atoms with van der Waals surface area (Å²) in [5.41, 5.74) is 0.914. The summed E-state index contributed by atoms with van der Waals surface area (Å²) in [5.74, 6) is -0.272. The molecule has 1 aromatic carbocycles. The second-order valence-electron chi connectivity index (χ2n) is 5.02. The number of primary sulfonamides is 1. The van der Waals surface area contributed by atoms with Crippen molar-refractivity contribution in [2.75, 3.05) is 18.5 Å². The zero-order chi connectivity index (χ0) is 15.6. The molecule has 22 heavy (non-hydrogen) atoms. The van der Waals surface area contributed by atoms with Gasteiger partial charge in [-0.15, -0.1) is 12.4 Å². The Balaban J connectivity index is 0.00000242. The number of ether oxygens (including phenoxy) is 1. The lowest BCUT2D eigenvalue weighted by Crippen LogP contribution is -2.53. The number of benzene rings is 1. The first-order valence-corrected chi connectivity index (χ1v) is 8.13.